The summed E-state index contributed by atoms with van der Waals surface area (Å²) in [4.78, 5) is 13.4. The van der Waals surface area contributed by atoms with Crippen LogP contribution in [0, 0.1) is 11.3 Å². The van der Waals surface area contributed by atoms with Gasteiger partial charge in [0.1, 0.15) is 11.4 Å². The number of nitrogens with zero attached hydrogens (tertiary/aromatic N) is 1. The van der Waals surface area contributed by atoms with Gasteiger partial charge in [0.05, 0.1) is 6.04 Å². The van der Waals surface area contributed by atoms with Crippen molar-refractivity contribution >= 4 is 11.9 Å². The van der Waals surface area contributed by atoms with Crippen molar-refractivity contribution in [3.8, 4) is 0 Å². The molecule has 5 nitrogen and oxygen atoms in total. The molecular weight excluding hydrogens is 218 g/mol. The van der Waals surface area contributed by atoms with Crippen LogP contribution >= 0.6 is 0 Å². The van der Waals surface area contributed by atoms with Gasteiger partial charge in [-0.15, -0.1) is 0 Å². The molecule has 5 heteroatoms. The molecule has 98 valence electrons. The highest BCUT2D eigenvalue weighted by atomic mass is 16.6. The lowest BCUT2D eigenvalue weighted by molar-refractivity contribution is 0.0189. The van der Waals surface area contributed by atoms with Crippen molar-refractivity contribution in [2.45, 2.75) is 51.7 Å². The zero-order chi connectivity index (χ0) is 13.2. The highest BCUT2D eigenvalue weighted by molar-refractivity contribution is 5.86. The zero-order valence-electron chi connectivity index (χ0n) is 11.1. The van der Waals surface area contributed by atoms with E-state index in [9.17, 15) is 4.79 Å². The lowest BCUT2D eigenvalue weighted by Crippen LogP contribution is -2.52. The van der Waals surface area contributed by atoms with E-state index in [4.69, 9.17) is 15.9 Å². The Kier molecular flexibility index (Phi) is 4.01. The molecule has 1 saturated carbocycles. The first-order valence-electron chi connectivity index (χ1n) is 6.02. The summed E-state index contributed by atoms with van der Waals surface area (Å²) in [5.74, 6) is 0.355. The van der Waals surface area contributed by atoms with Crippen LogP contribution in [-0.2, 0) is 4.74 Å². The predicted octanol–water partition coefficient (Wildman–Crippen LogP) is 1.96. The molecule has 0 aliphatic heterocycles. The van der Waals surface area contributed by atoms with Gasteiger partial charge in [-0.05, 0) is 39.5 Å². The Bertz CT molecular complexity index is 305. The van der Waals surface area contributed by atoms with E-state index < -0.39 is 11.7 Å². The van der Waals surface area contributed by atoms with Gasteiger partial charge >= 0.3 is 6.09 Å². The van der Waals surface area contributed by atoms with Gasteiger partial charge in [-0.2, -0.15) is 0 Å². The van der Waals surface area contributed by atoms with E-state index in [2.05, 4.69) is 0 Å². The van der Waals surface area contributed by atoms with Crippen molar-refractivity contribution < 1.29 is 9.53 Å². The Morgan fingerprint density at radius 2 is 2.00 bits per heavy atom. The third kappa shape index (κ3) is 3.61. The lowest BCUT2D eigenvalue weighted by Gasteiger charge is -2.38. The second-order valence-corrected chi connectivity index (χ2v) is 5.68. The predicted molar refractivity (Wildman–Crippen MR) is 67.0 cm³/mol. The molecule has 0 radical (unpaired) electrons. The first kappa shape index (κ1) is 13.8. The van der Waals surface area contributed by atoms with Crippen molar-refractivity contribution in [2.75, 3.05) is 7.05 Å². The number of amidine groups is 1. The molecule has 1 aliphatic rings. The number of nitrogens with two attached hydrogens (primary N) is 1. The Morgan fingerprint density at radius 3 is 2.29 bits per heavy atom. The van der Waals surface area contributed by atoms with Crippen molar-refractivity contribution in [3.05, 3.63) is 0 Å². The molecule has 0 spiro atoms. The molecule has 0 bridgehead atoms. The van der Waals surface area contributed by atoms with E-state index in [-0.39, 0.29) is 11.9 Å². The topological polar surface area (TPSA) is 79.4 Å². The number of ether oxygens (including phenoxy) is 1. The maximum absolute atomic E-state index is 11.9. The number of hydrogen-bond acceptors (Lipinski definition) is 3. The number of carbonyl (C=O) groups excluding carboxylic acids is 1. The molecule has 1 rings (SSSR count). The molecule has 17 heavy (non-hydrogen) atoms. The van der Waals surface area contributed by atoms with E-state index in [0.29, 0.717) is 5.92 Å². The van der Waals surface area contributed by atoms with E-state index >= 15 is 0 Å². The smallest absolute Gasteiger partial charge is 0.410 e. The van der Waals surface area contributed by atoms with Crippen LogP contribution in [0.15, 0.2) is 0 Å². The summed E-state index contributed by atoms with van der Waals surface area (Å²) in [5, 5.41) is 7.60. The number of amides is 1. The fourth-order valence-corrected chi connectivity index (χ4v) is 1.98. The van der Waals surface area contributed by atoms with Crippen LogP contribution in [0.3, 0.4) is 0 Å². The Hall–Kier alpha value is -1.26. The minimum absolute atomic E-state index is 0.0445. The molecule has 3 N–H and O–H groups in total. The summed E-state index contributed by atoms with van der Waals surface area (Å²) in [7, 11) is 1.65. The van der Waals surface area contributed by atoms with Crippen LogP contribution in [0.1, 0.15) is 40.0 Å². The van der Waals surface area contributed by atoms with Crippen molar-refractivity contribution in [1.82, 2.24) is 4.90 Å². The number of carbonyl (C=O) groups is 1. The highest BCUT2D eigenvalue weighted by Crippen LogP contribution is 2.32. The number of rotatable bonds is 3. The van der Waals surface area contributed by atoms with Crippen molar-refractivity contribution in [3.63, 3.8) is 0 Å². The van der Waals surface area contributed by atoms with Gasteiger partial charge in [0, 0.05) is 7.05 Å². The maximum Gasteiger partial charge on any atom is 0.410 e. The van der Waals surface area contributed by atoms with Gasteiger partial charge in [-0.1, -0.05) is 6.42 Å². The Balaban J connectivity index is 2.67. The first-order chi connectivity index (χ1) is 7.72. The minimum Gasteiger partial charge on any atom is -0.444 e. The normalized spacial score (nSPS) is 18.1. The molecule has 1 aliphatic carbocycles. The molecule has 1 fully saturated rings. The largest absolute Gasteiger partial charge is 0.444 e. The van der Waals surface area contributed by atoms with Crippen LogP contribution < -0.4 is 5.73 Å². The van der Waals surface area contributed by atoms with Crippen LogP contribution in [0.4, 0.5) is 4.79 Å². The van der Waals surface area contributed by atoms with Crippen LogP contribution in [0.25, 0.3) is 0 Å². The first-order valence-corrected chi connectivity index (χ1v) is 6.02. The molecule has 0 aromatic rings. The monoisotopic (exact) mass is 241 g/mol. The van der Waals surface area contributed by atoms with Gasteiger partial charge < -0.3 is 15.4 Å². The van der Waals surface area contributed by atoms with Gasteiger partial charge in [0.2, 0.25) is 0 Å². The minimum atomic E-state index is -0.522. The summed E-state index contributed by atoms with van der Waals surface area (Å²) in [6, 6.07) is -0.321. The SMILES string of the molecule is CN(C(=O)OC(C)(C)C)C(C(=N)N)C1CCC1. The maximum atomic E-state index is 11.9. The van der Waals surface area contributed by atoms with E-state index in [0.717, 1.165) is 19.3 Å². The fourth-order valence-electron chi connectivity index (χ4n) is 1.98. The summed E-state index contributed by atoms with van der Waals surface area (Å²) >= 11 is 0. The van der Waals surface area contributed by atoms with Gasteiger partial charge in [-0.25, -0.2) is 4.79 Å². The molecule has 0 aromatic carbocycles. The van der Waals surface area contributed by atoms with Gasteiger partial charge in [-0.3, -0.25) is 5.41 Å². The highest BCUT2D eigenvalue weighted by Gasteiger charge is 2.36. The number of likely N-dealkylation sites (N-methyl/N-ethyl adjacent to an activating group) is 1. The molecule has 1 unspecified atom stereocenters. The van der Waals surface area contributed by atoms with Gasteiger partial charge in [0.25, 0.3) is 0 Å². The molecule has 0 aromatic heterocycles. The average Bonchev–Trinajstić information content (AvgIpc) is 2.06. The standard InChI is InChI=1S/C12H23N3O2/c1-12(2,3)17-11(16)15(4)9(10(13)14)8-6-5-7-8/h8-9H,5-7H2,1-4H3,(H3,13,14). The Morgan fingerprint density at radius 1 is 1.47 bits per heavy atom. The zero-order valence-corrected chi connectivity index (χ0v) is 11.1. The average molecular weight is 241 g/mol. The molecular formula is C12H23N3O2. The quantitative estimate of drug-likeness (QED) is 0.585. The van der Waals surface area contributed by atoms with E-state index in [1.165, 1.54) is 4.90 Å². The van der Waals surface area contributed by atoms with Crippen LogP contribution in [-0.4, -0.2) is 35.5 Å². The second kappa shape index (κ2) is 4.94. The summed E-state index contributed by atoms with van der Waals surface area (Å²) in [6.45, 7) is 5.47. The van der Waals surface area contributed by atoms with Crippen molar-refractivity contribution in [2.24, 2.45) is 11.7 Å². The summed E-state index contributed by atoms with van der Waals surface area (Å²) < 4.78 is 5.28. The van der Waals surface area contributed by atoms with Crippen LogP contribution in [0.5, 0.6) is 0 Å². The molecule has 1 amide bonds. The van der Waals surface area contributed by atoms with Crippen molar-refractivity contribution in [1.29, 1.82) is 5.41 Å². The Labute approximate surface area is 103 Å². The molecule has 0 heterocycles. The third-order valence-corrected chi connectivity index (χ3v) is 3.01. The fraction of sp³-hybridized carbons (Fsp3) is 0.833. The molecule has 0 saturated heterocycles. The van der Waals surface area contributed by atoms with E-state index in [1.54, 1.807) is 7.05 Å². The third-order valence-electron chi connectivity index (χ3n) is 3.01. The summed E-state index contributed by atoms with van der Waals surface area (Å²) in [6.07, 6.45) is 2.79. The number of hydrogen-bond donors (Lipinski definition) is 2. The second-order valence-electron chi connectivity index (χ2n) is 5.68. The van der Waals surface area contributed by atoms with Gasteiger partial charge in [0.15, 0.2) is 0 Å². The lowest BCUT2D eigenvalue weighted by atomic mass is 9.79. The van der Waals surface area contributed by atoms with Crippen LogP contribution in [0.2, 0.25) is 0 Å². The molecule has 1 atom stereocenters. The summed E-state index contributed by atoms with van der Waals surface area (Å²) in [5.41, 5.74) is 5.06. The number of nitrogens with one attached hydrogen (secondary N) is 1. The van der Waals surface area contributed by atoms with E-state index in [1.807, 2.05) is 20.8 Å².